The van der Waals surface area contributed by atoms with E-state index in [9.17, 15) is 4.79 Å². The second-order valence-corrected chi connectivity index (χ2v) is 14.3. The number of nitrogens with one attached hydrogen (secondary N) is 1. The van der Waals surface area contributed by atoms with Crippen molar-refractivity contribution < 1.29 is 9.53 Å². The molecule has 0 spiro atoms. The number of likely N-dealkylation sites (tertiary alicyclic amines) is 1. The Labute approximate surface area is 222 Å². The molecular weight excluding hydrogens is 444 g/mol. The van der Waals surface area contributed by atoms with Crippen molar-refractivity contribution in [3.05, 3.63) is 0 Å². The van der Waals surface area contributed by atoms with Gasteiger partial charge in [0.1, 0.15) is 0 Å². The Morgan fingerprint density at radius 2 is 1.72 bits per heavy atom. The quantitative estimate of drug-likeness (QED) is 0.378. The third-order valence-corrected chi connectivity index (χ3v) is 12.8. The summed E-state index contributed by atoms with van der Waals surface area (Å²) in [7, 11) is 1.53. The van der Waals surface area contributed by atoms with E-state index in [2.05, 4.69) is 31.0 Å². The molecule has 0 radical (unpaired) electrons. The highest BCUT2D eigenvalue weighted by Gasteiger charge is 2.60. The minimum absolute atomic E-state index is 0.0342. The number of hydrogen-bond donors (Lipinski definition) is 1. The molecule has 4 saturated carbocycles. The van der Waals surface area contributed by atoms with Crippen LogP contribution in [0.15, 0.2) is 0 Å². The molecule has 5 fully saturated rings. The highest BCUT2D eigenvalue weighted by atomic mass is 16.5. The molecule has 206 valence electrons. The molecule has 36 heavy (non-hydrogen) atoms. The maximum atomic E-state index is 11.8. The Hall–Kier alpha value is -0.610. The number of carbonyl (C=O) groups is 1. The van der Waals surface area contributed by atoms with E-state index in [1.54, 1.807) is 0 Å². The average molecular weight is 501 g/mol. The molecule has 7 unspecified atom stereocenters. The van der Waals surface area contributed by atoms with E-state index >= 15 is 0 Å². The number of ether oxygens (including phenoxy) is 1. The third-order valence-electron chi connectivity index (χ3n) is 12.8. The smallest absolute Gasteiger partial charge is 0.305 e. The average Bonchev–Trinajstić information content (AvgIpc) is 3.25. The molecule has 1 saturated heterocycles. The van der Waals surface area contributed by atoms with Gasteiger partial charge in [0.05, 0.1) is 7.11 Å². The van der Waals surface area contributed by atoms with E-state index in [1.165, 1.54) is 110 Å². The molecule has 1 aliphatic heterocycles. The number of esters is 1. The molecule has 5 aliphatic rings. The molecule has 0 bridgehead atoms. The summed E-state index contributed by atoms with van der Waals surface area (Å²) < 4.78 is 4.94. The van der Waals surface area contributed by atoms with Crippen LogP contribution in [0.2, 0.25) is 0 Å². The maximum absolute atomic E-state index is 11.8. The topological polar surface area (TPSA) is 41.6 Å². The Bertz CT molecular complexity index is 750. The first-order chi connectivity index (χ1) is 17.3. The van der Waals surface area contributed by atoms with Crippen LogP contribution in [-0.2, 0) is 9.53 Å². The molecule has 1 N–H and O–H groups in total. The van der Waals surface area contributed by atoms with Crippen molar-refractivity contribution in [1.82, 2.24) is 10.2 Å². The number of rotatable bonds is 8. The highest BCUT2D eigenvalue weighted by Crippen LogP contribution is 2.68. The summed E-state index contributed by atoms with van der Waals surface area (Å²) in [5.41, 5.74) is 1.07. The van der Waals surface area contributed by atoms with Gasteiger partial charge in [-0.05, 0) is 136 Å². The first-order valence-electron chi connectivity index (χ1n) is 15.9. The van der Waals surface area contributed by atoms with Gasteiger partial charge in [-0.15, -0.1) is 0 Å². The monoisotopic (exact) mass is 500 g/mol. The number of piperidine rings is 1. The molecule has 4 aliphatic carbocycles. The number of hydrogen-bond acceptors (Lipinski definition) is 4. The van der Waals surface area contributed by atoms with Crippen LogP contribution >= 0.6 is 0 Å². The van der Waals surface area contributed by atoms with Gasteiger partial charge in [-0.3, -0.25) is 4.79 Å². The van der Waals surface area contributed by atoms with Gasteiger partial charge < -0.3 is 15.0 Å². The van der Waals surface area contributed by atoms with Gasteiger partial charge in [0.15, 0.2) is 0 Å². The van der Waals surface area contributed by atoms with Gasteiger partial charge in [0.25, 0.3) is 0 Å². The first-order valence-corrected chi connectivity index (χ1v) is 15.9. The summed E-state index contributed by atoms with van der Waals surface area (Å²) in [4.78, 5) is 14.5. The number of carbonyl (C=O) groups excluding carboxylic acids is 1. The zero-order chi connectivity index (χ0) is 25.3. The van der Waals surface area contributed by atoms with Gasteiger partial charge in [-0.2, -0.15) is 0 Å². The summed E-state index contributed by atoms with van der Waals surface area (Å²) in [6, 6.07) is 0.754. The molecule has 0 aromatic carbocycles. The first kappa shape index (κ1) is 27.0. The molecule has 0 aromatic heterocycles. The summed E-state index contributed by atoms with van der Waals surface area (Å²) in [5.74, 6) is 5.14. The molecule has 5 rings (SSSR count). The molecule has 4 nitrogen and oxygen atoms in total. The largest absolute Gasteiger partial charge is 0.469 e. The Kier molecular flexibility index (Phi) is 8.43. The lowest BCUT2D eigenvalue weighted by molar-refractivity contribution is -0.141. The van der Waals surface area contributed by atoms with E-state index in [0.717, 1.165) is 42.1 Å². The minimum Gasteiger partial charge on any atom is -0.469 e. The second kappa shape index (κ2) is 11.2. The van der Waals surface area contributed by atoms with Crippen molar-refractivity contribution in [3.8, 4) is 0 Å². The van der Waals surface area contributed by atoms with E-state index < -0.39 is 0 Å². The van der Waals surface area contributed by atoms with Gasteiger partial charge in [-0.1, -0.05) is 27.2 Å². The van der Waals surface area contributed by atoms with E-state index in [4.69, 9.17) is 4.74 Å². The van der Waals surface area contributed by atoms with Crippen LogP contribution in [0.3, 0.4) is 0 Å². The molecule has 9 atom stereocenters. The van der Waals surface area contributed by atoms with E-state index in [0.29, 0.717) is 23.2 Å². The van der Waals surface area contributed by atoms with Gasteiger partial charge >= 0.3 is 5.97 Å². The van der Waals surface area contributed by atoms with Crippen LogP contribution < -0.4 is 5.32 Å². The zero-order valence-corrected chi connectivity index (χ0v) is 24.0. The fourth-order valence-corrected chi connectivity index (χ4v) is 10.7. The predicted molar refractivity (Wildman–Crippen MR) is 148 cm³/mol. The maximum Gasteiger partial charge on any atom is 0.305 e. The normalized spacial score (nSPS) is 43.8. The third kappa shape index (κ3) is 5.16. The van der Waals surface area contributed by atoms with Gasteiger partial charge in [-0.25, -0.2) is 0 Å². The van der Waals surface area contributed by atoms with Crippen LogP contribution in [0.5, 0.6) is 0 Å². The standard InChI is InChI=1S/C32H56N2O2/c1-23(8-13-30(35)36-4)27-11-12-28-26-10-9-24-22-25(33-18-21-34-19-6-5-7-20-34)14-16-31(24,2)29(26)15-17-32(27,28)3/h23-29,33H,5-22H2,1-4H3/t23?,24-,25+,26?,27?,28?,29?,31?,32?/m0/s1. The predicted octanol–water partition coefficient (Wildman–Crippen LogP) is 6.68. The highest BCUT2D eigenvalue weighted by molar-refractivity contribution is 5.69. The molecule has 4 heteroatoms. The summed E-state index contributed by atoms with van der Waals surface area (Å²) in [5, 5.41) is 4.00. The van der Waals surface area contributed by atoms with Crippen LogP contribution in [0, 0.1) is 46.3 Å². The van der Waals surface area contributed by atoms with Crippen molar-refractivity contribution in [2.45, 2.75) is 117 Å². The fourth-order valence-electron chi connectivity index (χ4n) is 10.7. The summed E-state index contributed by atoms with van der Waals surface area (Å²) in [6.07, 6.45) is 18.7. The van der Waals surface area contributed by atoms with Gasteiger partial charge in [0.2, 0.25) is 0 Å². The summed E-state index contributed by atoms with van der Waals surface area (Å²) in [6.45, 7) is 12.9. The Morgan fingerprint density at radius 1 is 0.972 bits per heavy atom. The van der Waals surface area contributed by atoms with Crippen molar-refractivity contribution >= 4 is 5.97 Å². The fraction of sp³-hybridized carbons (Fsp3) is 0.969. The SMILES string of the molecule is COC(=O)CCC(C)C1CCC2C3CC[C@H]4C[C@H](NCCN5CCCCC5)CCC4(C)C3CCC12C. The molecule has 1 heterocycles. The number of methoxy groups -OCH3 is 1. The van der Waals surface area contributed by atoms with Crippen LogP contribution in [-0.4, -0.2) is 50.2 Å². The lowest BCUT2D eigenvalue weighted by atomic mass is 9.44. The van der Waals surface area contributed by atoms with Crippen molar-refractivity contribution in [1.29, 1.82) is 0 Å². The molecule has 0 amide bonds. The minimum atomic E-state index is -0.0342. The van der Waals surface area contributed by atoms with Crippen molar-refractivity contribution in [2.24, 2.45) is 46.3 Å². The van der Waals surface area contributed by atoms with Crippen LogP contribution in [0.4, 0.5) is 0 Å². The number of nitrogens with zero attached hydrogens (tertiary/aromatic N) is 1. The van der Waals surface area contributed by atoms with Crippen LogP contribution in [0.1, 0.15) is 111 Å². The zero-order valence-electron chi connectivity index (χ0n) is 24.0. The van der Waals surface area contributed by atoms with Crippen molar-refractivity contribution in [3.63, 3.8) is 0 Å². The van der Waals surface area contributed by atoms with Crippen LogP contribution in [0.25, 0.3) is 0 Å². The summed E-state index contributed by atoms with van der Waals surface area (Å²) >= 11 is 0. The van der Waals surface area contributed by atoms with E-state index in [1.807, 2.05) is 0 Å². The second-order valence-electron chi connectivity index (χ2n) is 14.3. The van der Waals surface area contributed by atoms with Gasteiger partial charge in [0, 0.05) is 25.6 Å². The Morgan fingerprint density at radius 3 is 2.50 bits per heavy atom. The molecule has 0 aromatic rings. The lowest BCUT2D eigenvalue weighted by Gasteiger charge is -2.61. The molecular formula is C32H56N2O2. The van der Waals surface area contributed by atoms with Crippen molar-refractivity contribution in [2.75, 3.05) is 33.3 Å². The number of fused-ring (bicyclic) bond motifs is 5. The van der Waals surface area contributed by atoms with E-state index in [-0.39, 0.29) is 5.97 Å². The Balaban J connectivity index is 1.16. The lowest BCUT2D eigenvalue weighted by Crippen LogP contribution is -2.55.